The molecule has 1 aliphatic heterocycles. The van der Waals surface area contributed by atoms with Crippen LogP contribution in [0.2, 0.25) is 5.02 Å². The van der Waals surface area contributed by atoms with Crippen molar-refractivity contribution in [3.63, 3.8) is 0 Å². The van der Waals surface area contributed by atoms with Crippen LogP contribution >= 0.6 is 11.6 Å². The molecule has 1 fully saturated rings. The molecule has 6 nitrogen and oxygen atoms in total. The SMILES string of the molecule is COc1ccc(S(=O)(=O)N2CCCC2)cc1C(=O)Nc1cccc(Cl)c1C. The Morgan fingerprint density at radius 2 is 1.89 bits per heavy atom. The van der Waals surface area contributed by atoms with Crippen molar-refractivity contribution in [2.45, 2.75) is 24.7 Å². The Bertz CT molecular complexity index is 970. The first-order valence-corrected chi connectivity index (χ1v) is 10.4. The minimum atomic E-state index is -3.63. The smallest absolute Gasteiger partial charge is 0.259 e. The lowest BCUT2D eigenvalue weighted by Gasteiger charge is -2.17. The number of hydrogen-bond acceptors (Lipinski definition) is 4. The third-order valence-corrected chi connectivity index (χ3v) is 6.94. The maximum atomic E-state index is 12.8. The Balaban J connectivity index is 1.96. The van der Waals surface area contributed by atoms with Gasteiger partial charge in [0.05, 0.1) is 17.6 Å². The molecule has 0 bridgehead atoms. The summed E-state index contributed by atoms with van der Waals surface area (Å²) in [5.74, 6) is -0.164. The van der Waals surface area contributed by atoms with Crippen molar-refractivity contribution in [3.8, 4) is 5.75 Å². The van der Waals surface area contributed by atoms with Crippen LogP contribution in [0.4, 0.5) is 5.69 Å². The molecule has 0 unspecified atom stereocenters. The van der Waals surface area contributed by atoms with E-state index in [2.05, 4.69) is 5.32 Å². The second-order valence-electron chi connectivity index (χ2n) is 6.34. The average molecular weight is 409 g/mol. The topological polar surface area (TPSA) is 75.7 Å². The summed E-state index contributed by atoms with van der Waals surface area (Å²) in [6.45, 7) is 2.79. The number of nitrogens with zero attached hydrogens (tertiary/aromatic N) is 1. The first-order chi connectivity index (χ1) is 12.8. The van der Waals surface area contributed by atoms with Crippen LogP contribution in [-0.2, 0) is 10.0 Å². The number of amides is 1. The van der Waals surface area contributed by atoms with Crippen molar-refractivity contribution in [1.82, 2.24) is 4.31 Å². The standard InChI is InChI=1S/C19H21ClN2O4S/c1-13-16(20)6-5-7-17(13)21-19(23)15-12-14(8-9-18(15)26-2)27(24,25)22-10-3-4-11-22/h5-9,12H,3-4,10-11H2,1-2H3,(H,21,23). The molecule has 2 aromatic rings. The summed E-state index contributed by atoms with van der Waals surface area (Å²) in [5.41, 5.74) is 1.44. The maximum Gasteiger partial charge on any atom is 0.259 e. The number of nitrogens with one attached hydrogen (secondary N) is 1. The fourth-order valence-electron chi connectivity index (χ4n) is 3.04. The fraction of sp³-hybridized carbons (Fsp3) is 0.316. The molecule has 1 aliphatic rings. The van der Waals surface area contributed by atoms with Gasteiger partial charge in [0, 0.05) is 23.8 Å². The van der Waals surface area contributed by atoms with Crippen molar-refractivity contribution in [1.29, 1.82) is 0 Å². The Hall–Kier alpha value is -2.09. The van der Waals surface area contributed by atoms with Gasteiger partial charge >= 0.3 is 0 Å². The predicted octanol–water partition coefficient (Wildman–Crippen LogP) is 3.69. The molecule has 0 aliphatic carbocycles. The van der Waals surface area contributed by atoms with E-state index in [1.807, 2.05) is 0 Å². The van der Waals surface area contributed by atoms with Crippen LogP contribution in [0, 0.1) is 6.92 Å². The molecule has 0 aromatic heterocycles. The van der Waals surface area contributed by atoms with Crippen molar-refractivity contribution >= 4 is 33.2 Å². The van der Waals surface area contributed by atoms with Crippen LogP contribution in [0.5, 0.6) is 5.75 Å². The van der Waals surface area contributed by atoms with Gasteiger partial charge in [-0.1, -0.05) is 17.7 Å². The van der Waals surface area contributed by atoms with Gasteiger partial charge in [-0.05, 0) is 55.7 Å². The van der Waals surface area contributed by atoms with E-state index in [-0.39, 0.29) is 10.5 Å². The summed E-state index contributed by atoms with van der Waals surface area (Å²) in [6, 6.07) is 9.53. The fourth-order valence-corrected chi connectivity index (χ4v) is 4.75. The Labute approximate surface area is 164 Å². The third-order valence-electron chi connectivity index (χ3n) is 4.63. The summed E-state index contributed by atoms with van der Waals surface area (Å²) in [5, 5.41) is 3.31. The summed E-state index contributed by atoms with van der Waals surface area (Å²) < 4.78 is 32.3. The largest absolute Gasteiger partial charge is 0.496 e. The third kappa shape index (κ3) is 3.95. The van der Waals surface area contributed by atoms with E-state index in [4.69, 9.17) is 16.3 Å². The molecule has 0 atom stereocenters. The van der Waals surface area contributed by atoms with E-state index < -0.39 is 15.9 Å². The number of hydrogen-bond donors (Lipinski definition) is 1. The first-order valence-electron chi connectivity index (χ1n) is 8.59. The second kappa shape index (κ2) is 7.88. The summed E-state index contributed by atoms with van der Waals surface area (Å²) in [6.07, 6.45) is 1.69. The lowest BCUT2D eigenvalue weighted by Crippen LogP contribution is -2.28. The van der Waals surface area contributed by atoms with Crippen LogP contribution < -0.4 is 10.1 Å². The highest BCUT2D eigenvalue weighted by Crippen LogP contribution is 2.28. The highest BCUT2D eigenvalue weighted by atomic mass is 35.5. The zero-order valence-corrected chi connectivity index (χ0v) is 16.7. The molecule has 1 heterocycles. The van der Waals surface area contributed by atoms with Crippen LogP contribution in [0.1, 0.15) is 28.8 Å². The number of anilines is 1. The molecule has 3 rings (SSSR count). The zero-order chi connectivity index (χ0) is 19.6. The monoisotopic (exact) mass is 408 g/mol. The van der Waals surface area contributed by atoms with Gasteiger partial charge in [-0.15, -0.1) is 0 Å². The molecule has 0 saturated carbocycles. The van der Waals surface area contributed by atoms with Gasteiger partial charge < -0.3 is 10.1 Å². The van der Waals surface area contributed by atoms with Crippen molar-refractivity contribution in [2.24, 2.45) is 0 Å². The summed E-state index contributed by atoms with van der Waals surface area (Å²) in [7, 11) is -2.19. The molecule has 144 valence electrons. The number of rotatable bonds is 5. The molecule has 1 N–H and O–H groups in total. The number of halogens is 1. The molecule has 0 radical (unpaired) electrons. The van der Waals surface area contributed by atoms with E-state index in [1.165, 1.54) is 29.6 Å². The highest BCUT2D eigenvalue weighted by molar-refractivity contribution is 7.89. The van der Waals surface area contributed by atoms with Crippen molar-refractivity contribution in [3.05, 3.63) is 52.5 Å². The van der Waals surface area contributed by atoms with E-state index in [0.717, 1.165) is 18.4 Å². The Morgan fingerprint density at radius 1 is 1.19 bits per heavy atom. The lowest BCUT2D eigenvalue weighted by molar-refractivity contribution is 0.102. The molecule has 0 spiro atoms. The summed E-state index contributed by atoms with van der Waals surface area (Å²) >= 11 is 6.10. The number of methoxy groups -OCH3 is 1. The molecule has 8 heteroatoms. The van der Waals surface area contributed by atoms with Gasteiger partial charge in [-0.25, -0.2) is 8.42 Å². The van der Waals surface area contributed by atoms with Gasteiger partial charge in [0.15, 0.2) is 0 Å². The normalized spacial score (nSPS) is 14.9. The number of benzene rings is 2. The molecule has 27 heavy (non-hydrogen) atoms. The van der Waals surface area contributed by atoms with Gasteiger partial charge in [0.25, 0.3) is 5.91 Å². The molecule has 2 aromatic carbocycles. The quantitative estimate of drug-likeness (QED) is 0.818. The van der Waals surface area contributed by atoms with Gasteiger partial charge in [0.2, 0.25) is 10.0 Å². The number of carbonyl (C=O) groups is 1. The molecular weight excluding hydrogens is 388 g/mol. The summed E-state index contributed by atoms with van der Waals surface area (Å²) in [4.78, 5) is 12.9. The number of ether oxygens (including phenoxy) is 1. The van der Waals surface area contributed by atoms with Crippen LogP contribution in [-0.4, -0.2) is 38.8 Å². The molecular formula is C19H21ClN2O4S. The van der Waals surface area contributed by atoms with Crippen molar-refractivity contribution < 1.29 is 17.9 Å². The minimum absolute atomic E-state index is 0.0816. The molecule has 1 amide bonds. The lowest BCUT2D eigenvalue weighted by atomic mass is 10.1. The maximum absolute atomic E-state index is 12.8. The van der Waals surface area contributed by atoms with Crippen molar-refractivity contribution in [2.75, 3.05) is 25.5 Å². The van der Waals surface area contributed by atoms with Crippen LogP contribution in [0.3, 0.4) is 0 Å². The highest BCUT2D eigenvalue weighted by Gasteiger charge is 2.28. The second-order valence-corrected chi connectivity index (χ2v) is 8.68. The molecule has 1 saturated heterocycles. The van der Waals surface area contributed by atoms with E-state index in [9.17, 15) is 13.2 Å². The zero-order valence-electron chi connectivity index (χ0n) is 15.2. The predicted molar refractivity (Wildman–Crippen MR) is 105 cm³/mol. The first kappa shape index (κ1) is 19.7. The Kier molecular flexibility index (Phi) is 5.74. The van der Waals surface area contributed by atoms with Crippen LogP contribution in [0.15, 0.2) is 41.3 Å². The van der Waals surface area contributed by atoms with E-state index >= 15 is 0 Å². The average Bonchev–Trinajstić information content (AvgIpc) is 3.20. The van der Waals surface area contributed by atoms with Crippen LogP contribution in [0.25, 0.3) is 0 Å². The van der Waals surface area contributed by atoms with E-state index in [0.29, 0.717) is 29.5 Å². The van der Waals surface area contributed by atoms with Gasteiger partial charge in [-0.2, -0.15) is 4.31 Å². The Morgan fingerprint density at radius 3 is 2.56 bits per heavy atom. The van der Waals surface area contributed by atoms with Gasteiger partial charge in [0.1, 0.15) is 5.75 Å². The van der Waals surface area contributed by atoms with Gasteiger partial charge in [-0.3, -0.25) is 4.79 Å². The number of carbonyl (C=O) groups excluding carboxylic acids is 1. The number of sulfonamides is 1. The minimum Gasteiger partial charge on any atom is -0.496 e. The van der Waals surface area contributed by atoms with E-state index in [1.54, 1.807) is 25.1 Å².